The summed E-state index contributed by atoms with van der Waals surface area (Å²) in [5, 5.41) is 0. The summed E-state index contributed by atoms with van der Waals surface area (Å²) in [5.41, 5.74) is 1.77. The van der Waals surface area contributed by atoms with E-state index in [9.17, 15) is 4.79 Å². The minimum atomic E-state index is 0.711. The average Bonchev–Trinajstić information content (AvgIpc) is 2.13. The monoisotopic (exact) mass is 180 g/mol. The Morgan fingerprint density at radius 1 is 1.08 bits per heavy atom. The first kappa shape index (κ1) is 11.7. The Balaban J connectivity index is 4.42. The van der Waals surface area contributed by atoms with Crippen molar-refractivity contribution in [3.63, 3.8) is 0 Å². The summed E-state index contributed by atoms with van der Waals surface area (Å²) in [5.74, 6) is 0.853. The van der Waals surface area contributed by atoms with Crippen LogP contribution in [-0.2, 0) is 9.53 Å². The van der Waals surface area contributed by atoms with Crippen molar-refractivity contribution < 1.29 is 9.53 Å². The molecule has 0 saturated heterocycles. The van der Waals surface area contributed by atoms with Crippen molar-refractivity contribution in [1.82, 2.24) is 0 Å². The number of allylic oxidation sites excluding steroid dienone is 6. The van der Waals surface area contributed by atoms with Crippen LogP contribution in [-0.4, -0.2) is 13.4 Å². The van der Waals surface area contributed by atoms with Crippen LogP contribution in [0.1, 0.15) is 20.8 Å². The molecule has 0 aromatic rings. The quantitative estimate of drug-likeness (QED) is 0.288. The highest BCUT2D eigenvalue weighted by Gasteiger charge is 1.86. The molecular formula is C11H16O2. The maximum Gasteiger partial charge on any atom is 0.145 e. The lowest BCUT2D eigenvalue weighted by Gasteiger charge is -1.97. The van der Waals surface area contributed by atoms with Gasteiger partial charge in [0.1, 0.15) is 6.29 Å². The van der Waals surface area contributed by atoms with E-state index in [1.54, 1.807) is 20.1 Å². The molecule has 0 amide bonds. The van der Waals surface area contributed by atoms with Crippen molar-refractivity contribution in [3.8, 4) is 0 Å². The van der Waals surface area contributed by atoms with E-state index in [-0.39, 0.29) is 0 Å². The third kappa shape index (κ3) is 5.91. The van der Waals surface area contributed by atoms with E-state index < -0.39 is 0 Å². The zero-order chi connectivity index (χ0) is 10.3. The molecule has 0 rings (SSSR count). The molecule has 0 aromatic heterocycles. The molecule has 2 nitrogen and oxygen atoms in total. The number of hydrogen-bond donors (Lipinski definition) is 0. The topological polar surface area (TPSA) is 26.3 Å². The molecule has 72 valence electrons. The second kappa shape index (κ2) is 6.23. The third-order valence-electron chi connectivity index (χ3n) is 1.55. The van der Waals surface area contributed by atoms with Gasteiger partial charge in [-0.25, -0.2) is 0 Å². The fraction of sp³-hybridized carbons (Fsp3) is 0.364. The maximum atomic E-state index is 10.3. The number of carbonyl (C=O) groups is 1. The molecule has 13 heavy (non-hydrogen) atoms. The molecule has 0 saturated carbocycles. The van der Waals surface area contributed by atoms with Gasteiger partial charge in [-0.1, -0.05) is 12.2 Å². The second-order valence-corrected chi connectivity index (χ2v) is 2.90. The molecule has 0 aromatic carbocycles. The molecule has 0 radical (unpaired) electrons. The molecule has 0 atom stereocenters. The van der Waals surface area contributed by atoms with E-state index in [4.69, 9.17) is 4.74 Å². The van der Waals surface area contributed by atoms with Gasteiger partial charge in [-0.2, -0.15) is 0 Å². The molecule has 0 spiro atoms. The fourth-order valence-corrected chi connectivity index (χ4v) is 0.730. The number of carbonyl (C=O) groups excluding carboxylic acids is 1. The lowest BCUT2D eigenvalue weighted by molar-refractivity contribution is -0.104. The molecule has 0 fully saturated rings. The maximum absolute atomic E-state index is 10.3. The summed E-state index contributed by atoms with van der Waals surface area (Å²) in [4.78, 5) is 10.3. The smallest absolute Gasteiger partial charge is 0.145 e. The normalized spacial score (nSPS) is 14.3. The standard InChI is InChI=1S/C11H16O2/c1-9(7-11(3)13-4)5-6-10(2)8-12/h5-8H,1-4H3/b9-5-,10-6+,11-7+. The van der Waals surface area contributed by atoms with Crippen LogP contribution in [0.25, 0.3) is 0 Å². The number of aldehydes is 1. The minimum Gasteiger partial charge on any atom is -0.501 e. The third-order valence-corrected chi connectivity index (χ3v) is 1.55. The summed E-state index contributed by atoms with van der Waals surface area (Å²) in [6.45, 7) is 5.61. The van der Waals surface area contributed by atoms with E-state index in [2.05, 4.69) is 0 Å². The summed E-state index contributed by atoms with van der Waals surface area (Å²) < 4.78 is 4.98. The Bertz CT molecular complexity index is 257. The van der Waals surface area contributed by atoms with E-state index in [1.807, 2.05) is 26.0 Å². The second-order valence-electron chi connectivity index (χ2n) is 2.90. The number of hydrogen-bond acceptors (Lipinski definition) is 2. The lowest BCUT2D eigenvalue weighted by atomic mass is 10.2. The summed E-state index contributed by atoms with van der Waals surface area (Å²) in [6.07, 6.45) is 6.40. The molecular weight excluding hydrogens is 164 g/mol. The Kier molecular flexibility index (Phi) is 5.60. The fourth-order valence-electron chi connectivity index (χ4n) is 0.730. The van der Waals surface area contributed by atoms with Gasteiger partial charge in [-0.3, -0.25) is 4.79 Å². The number of methoxy groups -OCH3 is 1. The predicted molar refractivity (Wildman–Crippen MR) is 54.3 cm³/mol. The van der Waals surface area contributed by atoms with Crippen molar-refractivity contribution in [3.05, 3.63) is 35.1 Å². The van der Waals surface area contributed by atoms with Gasteiger partial charge in [0.15, 0.2) is 0 Å². The first-order valence-electron chi connectivity index (χ1n) is 4.12. The molecule has 0 bridgehead atoms. The first-order valence-corrected chi connectivity index (χ1v) is 4.12. The molecule has 0 unspecified atom stereocenters. The van der Waals surface area contributed by atoms with Gasteiger partial charge in [-0.05, 0) is 38.0 Å². The van der Waals surface area contributed by atoms with E-state index in [0.29, 0.717) is 5.57 Å². The van der Waals surface area contributed by atoms with Crippen LogP contribution < -0.4 is 0 Å². The summed E-state index contributed by atoms with van der Waals surface area (Å²) in [6, 6.07) is 0. The zero-order valence-corrected chi connectivity index (χ0v) is 8.63. The molecule has 0 heterocycles. The Morgan fingerprint density at radius 2 is 1.62 bits per heavy atom. The van der Waals surface area contributed by atoms with Crippen LogP contribution >= 0.6 is 0 Å². The number of rotatable bonds is 4. The van der Waals surface area contributed by atoms with Gasteiger partial charge in [0.2, 0.25) is 0 Å². The summed E-state index contributed by atoms with van der Waals surface area (Å²) >= 11 is 0. The molecule has 0 aliphatic carbocycles. The van der Waals surface area contributed by atoms with Gasteiger partial charge < -0.3 is 4.74 Å². The van der Waals surface area contributed by atoms with Gasteiger partial charge in [0.25, 0.3) is 0 Å². The largest absolute Gasteiger partial charge is 0.501 e. The average molecular weight is 180 g/mol. The molecule has 0 aliphatic heterocycles. The van der Waals surface area contributed by atoms with Gasteiger partial charge in [0.05, 0.1) is 12.9 Å². The summed E-state index contributed by atoms with van der Waals surface area (Å²) in [7, 11) is 1.63. The van der Waals surface area contributed by atoms with Crippen molar-refractivity contribution in [2.24, 2.45) is 0 Å². The highest BCUT2D eigenvalue weighted by molar-refractivity contribution is 5.72. The SMILES string of the molecule is CO/C(C)=C/C(C)=C\C=C(/C)C=O. The minimum absolute atomic E-state index is 0.711. The lowest BCUT2D eigenvalue weighted by Crippen LogP contribution is -1.80. The first-order chi connectivity index (χ1) is 6.10. The zero-order valence-electron chi connectivity index (χ0n) is 8.63. The molecule has 0 aliphatic rings. The van der Waals surface area contributed by atoms with Crippen LogP contribution in [0.5, 0.6) is 0 Å². The van der Waals surface area contributed by atoms with E-state index in [1.165, 1.54) is 0 Å². The number of ether oxygens (including phenoxy) is 1. The molecule has 0 N–H and O–H groups in total. The van der Waals surface area contributed by atoms with Crippen LogP contribution in [0.3, 0.4) is 0 Å². The predicted octanol–water partition coefficient (Wildman–Crippen LogP) is 2.63. The van der Waals surface area contributed by atoms with Crippen LogP contribution in [0, 0.1) is 0 Å². The van der Waals surface area contributed by atoms with Crippen LogP contribution in [0.2, 0.25) is 0 Å². The van der Waals surface area contributed by atoms with Gasteiger partial charge >= 0.3 is 0 Å². The van der Waals surface area contributed by atoms with Gasteiger partial charge in [0, 0.05) is 0 Å². The van der Waals surface area contributed by atoms with Crippen LogP contribution in [0.15, 0.2) is 35.1 Å². The van der Waals surface area contributed by atoms with Crippen molar-refractivity contribution in [2.45, 2.75) is 20.8 Å². The van der Waals surface area contributed by atoms with Crippen molar-refractivity contribution in [1.29, 1.82) is 0 Å². The van der Waals surface area contributed by atoms with Gasteiger partial charge in [-0.15, -0.1) is 0 Å². The molecule has 2 heteroatoms. The Morgan fingerprint density at radius 3 is 2.08 bits per heavy atom. The van der Waals surface area contributed by atoms with E-state index >= 15 is 0 Å². The Labute approximate surface area is 79.6 Å². The highest BCUT2D eigenvalue weighted by Crippen LogP contribution is 2.02. The Hall–Kier alpha value is -1.31. The van der Waals surface area contributed by atoms with Crippen molar-refractivity contribution in [2.75, 3.05) is 7.11 Å². The van der Waals surface area contributed by atoms with E-state index in [0.717, 1.165) is 17.6 Å². The van der Waals surface area contributed by atoms with Crippen molar-refractivity contribution >= 4 is 6.29 Å². The van der Waals surface area contributed by atoms with Crippen LogP contribution in [0.4, 0.5) is 0 Å². The highest BCUT2D eigenvalue weighted by atomic mass is 16.5.